The van der Waals surface area contributed by atoms with Gasteiger partial charge in [-0.05, 0) is 59.1 Å². The summed E-state index contributed by atoms with van der Waals surface area (Å²) >= 11 is 3.44. The van der Waals surface area contributed by atoms with Gasteiger partial charge in [0.2, 0.25) is 0 Å². The van der Waals surface area contributed by atoms with Gasteiger partial charge in [0, 0.05) is 16.4 Å². The molecule has 1 N–H and O–H groups in total. The van der Waals surface area contributed by atoms with Crippen molar-refractivity contribution in [3.05, 3.63) is 52.1 Å². The Morgan fingerprint density at radius 3 is 2.69 bits per heavy atom. The summed E-state index contributed by atoms with van der Waals surface area (Å²) in [5.74, 6) is 0.867. The fraction of sp³-hybridized carbons (Fsp3) is 0.154. The summed E-state index contributed by atoms with van der Waals surface area (Å²) in [5, 5.41) is 3.28. The first-order valence-corrected chi connectivity index (χ1v) is 5.90. The van der Waals surface area contributed by atoms with E-state index in [1.807, 2.05) is 31.3 Å². The number of nitrogens with one attached hydrogen (secondary N) is 1. The molecule has 0 saturated heterocycles. The number of rotatable bonds is 2. The van der Waals surface area contributed by atoms with Crippen LogP contribution in [0.15, 0.2) is 41.0 Å². The van der Waals surface area contributed by atoms with Crippen LogP contribution in [0.1, 0.15) is 11.1 Å². The number of aryl methyl sites for hydroxylation is 2. The Labute approximate surface area is 104 Å². The van der Waals surface area contributed by atoms with Gasteiger partial charge < -0.3 is 5.32 Å². The van der Waals surface area contributed by atoms with Crippen molar-refractivity contribution in [2.75, 3.05) is 5.32 Å². The summed E-state index contributed by atoms with van der Waals surface area (Å²) < 4.78 is 1.03. The smallest absolute Gasteiger partial charge is 0.130 e. The van der Waals surface area contributed by atoms with E-state index in [9.17, 15) is 0 Å². The third kappa shape index (κ3) is 2.61. The van der Waals surface area contributed by atoms with Gasteiger partial charge in [0.15, 0.2) is 0 Å². The minimum Gasteiger partial charge on any atom is -0.340 e. The van der Waals surface area contributed by atoms with E-state index in [2.05, 4.69) is 45.3 Å². The van der Waals surface area contributed by atoms with Crippen molar-refractivity contribution >= 4 is 27.4 Å². The highest BCUT2D eigenvalue weighted by molar-refractivity contribution is 9.10. The van der Waals surface area contributed by atoms with Gasteiger partial charge in [0.25, 0.3) is 0 Å². The third-order valence-corrected chi connectivity index (χ3v) is 3.17. The molecule has 0 atom stereocenters. The highest BCUT2D eigenvalue weighted by Crippen LogP contribution is 2.20. The maximum Gasteiger partial charge on any atom is 0.130 e. The molecule has 0 aliphatic carbocycles. The van der Waals surface area contributed by atoms with Gasteiger partial charge in [-0.1, -0.05) is 12.1 Å². The monoisotopic (exact) mass is 276 g/mol. The second-order valence-corrected chi connectivity index (χ2v) is 4.67. The average molecular weight is 277 g/mol. The molecule has 2 aromatic rings. The molecule has 2 rings (SSSR count). The van der Waals surface area contributed by atoms with Crippen LogP contribution in [0.5, 0.6) is 0 Å². The molecule has 0 aliphatic rings. The highest BCUT2D eigenvalue weighted by Gasteiger charge is 1.99. The Morgan fingerprint density at radius 1 is 1.19 bits per heavy atom. The second-order valence-electron chi connectivity index (χ2n) is 3.81. The topological polar surface area (TPSA) is 24.9 Å². The zero-order valence-electron chi connectivity index (χ0n) is 9.29. The van der Waals surface area contributed by atoms with Crippen molar-refractivity contribution in [1.29, 1.82) is 0 Å². The zero-order chi connectivity index (χ0) is 11.5. The van der Waals surface area contributed by atoms with Crippen LogP contribution in [-0.2, 0) is 0 Å². The van der Waals surface area contributed by atoms with Gasteiger partial charge in [-0.15, -0.1) is 0 Å². The number of aromatic nitrogens is 1. The molecule has 1 aromatic heterocycles. The van der Waals surface area contributed by atoms with Gasteiger partial charge in [0.1, 0.15) is 5.82 Å². The number of nitrogens with zero attached hydrogens (tertiary/aromatic N) is 1. The SMILES string of the molecule is Cc1cccc(Nc2cc(C)c(Br)cn2)c1. The Bertz CT molecular complexity index is 509. The van der Waals surface area contributed by atoms with Crippen LogP contribution in [0.2, 0.25) is 0 Å². The van der Waals surface area contributed by atoms with Crippen LogP contribution < -0.4 is 5.32 Å². The van der Waals surface area contributed by atoms with E-state index in [1.165, 1.54) is 11.1 Å². The lowest BCUT2D eigenvalue weighted by molar-refractivity contribution is 1.25. The number of anilines is 2. The first-order valence-electron chi connectivity index (χ1n) is 5.11. The molecule has 82 valence electrons. The molecule has 2 nitrogen and oxygen atoms in total. The van der Waals surface area contributed by atoms with Crippen LogP contribution in [0.3, 0.4) is 0 Å². The van der Waals surface area contributed by atoms with Crippen LogP contribution >= 0.6 is 15.9 Å². The summed E-state index contributed by atoms with van der Waals surface area (Å²) in [6.45, 7) is 4.12. The standard InChI is InChI=1S/C13H13BrN2/c1-9-4-3-5-11(6-9)16-13-7-10(2)12(14)8-15-13/h3-8H,1-2H3,(H,15,16). The maximum atomic E-state index is 4.31. The first kappa shape index (κ1) is 11.1. The van der Waals surface area contributed by atoms with Crippen molar-refractivity contribution in [3.8, 4) is 0 Å². The molecular weight excluding hydrogens is 264 g/mol. The number of benzene rings is 1. The Kier molecular flexibility index (Phi) is 3.25. The molecule has 0 radical (unpaired) electrons. The Hall–Kier alpha value is -1.35. The zero-order valence-corrected chi connectivity index (χ0v) is 10.9. The lowest BCUT2D eigenvalue weighted by atomic mass is 10.2. The minimum atomic E-state index is 0.867. The molecule has 0 bridgehead atoms. The van der Waals surface area contributed by atoms with Crippen LogP contribution in [0.25, 0.3) is 0 Å². The number of hydrogen-bond acceptors (Lipinski definition) is 2. The van der Waals surface area contributed by atoms with E-state index in [0.717, 1.165) is 16.0 Å². The number of hydrogen-bond donors (Lipinski definition) is 1. The summed E-state index contributed by atoms with van der Waals surface area (Å²) in [6.07, 6.45) is 1.81. The van der Waals surface area contributed by atoms with Crippen molar-refractivity contribution in [1.82, 2.24) is 4.98 Å². The van der Waals surface area contributed by atoms with E-state index in [4.69, 9.17) is 0 Å². The highest BCUT2D eigenvalue weighted by atomic mass is 79.9. The normalized spacial score (nSPS) is 10.2. The van der Waals surface area contributed by atoms with Gasteiger partial charge in [-0.2, -0.15) is 0 Å². The molecule has 0 unspecified atom stereocenters. The van der Waals surface area contributed by atoms with Crippen molar-refractivity contribution in [3.63, 3.8) is 0 Å². The molecule has 0 amide bonds. The predicted molar refractivity (Wildman–Crippen MR) is 71.1 cm³/mol. The lowest BCUT2D eigenvalue weighted by Crippen LogP contribution is -1.94. The number of halogens is 1. The van der Waals surface area contributed by atoms with E-state index in [-0.39, 0.29) is 0 Å². The van der Waals surface area contributed by atoms with E-state index in [0.29, 0.717) is 0 Å². The van der Waals surface area contributed by atoms with Crippen molar-refractivity contribution in [2.24, 2.45) is 0 Å². The summed E-state index contributed by atoms with van der Waals surface area (Å²) in [4.78, 5) is 4.31. The molecule has 0 aliphatic heterocycles. The Morgan fingerprint density at radius 2 is 2.00 bits per heavy atom. The lowest BCUT2D eigenvalue weighted by Gasteiger charge is -2.07. The Balaban J connectivity index is 2.24. The summed E-state index contributed by atoms with van der Waals surface area (Å²) in [5.41, 5.74) is 3.47. The van der Waals surface area contributed by atoms with Gasteiger partial charge in [0.05, 0.1) is 0 Å². The van der Waals surface area contributed by atoms with E-state index < -0.39 is 0 Å². The first-order chi connectivity index (χ1) is 7.65. The largest absolute Gasteiger partial charge is 0.340 e. The van der Waals surface area contributed by atoms with E-state index in [1.54, 1.807) is 0 Å². The molecule has 0 saturated carbocycles. The van der Waals surface area contributed by atoms with Gasteiger partial charge in [-0.3, -0.25) is 0 Å². The molecule has 1 aromatic carbocycles. The molecule has 0 fully saturated rings. The molecule has 1 heterocycles. The van der Waals surface area contributed by atoms with Gasteiger partial charge in [-0.25, -0.2) is 4.98 Å². The second kappa shape index (κ2) is 4.66. The van der Waals surface area contributed by atoms with Crippen molar-refractivity contribution < 1.29 is 0 Å². The minimum absolute atomic E-state index is 0.867. The number of pyridine rings is 1. The molecule has 0 spiro atoms. The third-order valence-electron chi connectivity index (χ3n) is 2.34. The van der Waals surface area contributed by atoms with Gasteiger partial charge >= 0.3 is 0 Å². The summed E-state index contributed by atoms with van der Waals surface area (Å²) in [7, 11) is 0. The average Bonchev–Trinajstić information content (AvgIpc) is 2.24. The fourth-order valence-corrected chi connectivity index (χ4v) is 1.70. The van der Waals surface area contributed by atoms with Crippen LogP contribution in [0.4, 0.5) is 11.5 Å². The quantitative estimate of drug-likeness (QED) is 0.889. The van der Waals surface area contributed by atoms with Crippen molar-refractivity contribution in [2.45, 2.75) is 13.8 Å². The molecular formula is C13H13BrN2. The van der Waals surface area contributed by atoms with Crippen LogP contribution in [-0.4, -0.2) is 4.98 Å². The maximum absolute atomic E-state index is 4.31. The molecule has 16 heavy (non-hydrogen) atoms. The predicted octanol–water partition coefficient (Wildman–Crippen LogP) is 4.20. The molecule has 3 heteroatoms. The van der Waals surface area contributed by atoms with E-state index >= 15 is 0 Å². The summed E-state index contributed by atoms with van der Waals surface area (Å²) in [6, 6.07) is 10.3. The fourth-order valence-electron chi connectivity index (χ4n) is 1.48. The van der Waals surface area contributed by atoms with Crippen LogP contribution in [0, 0.1) is 13.8 Å².